The first-order chi connectivity index (χ1) is 9.06. The van der Waals surface area contributed by atoms with E-state index in [2.05, 4.69) is 27.9 Å². The van der Waals surface area contributed by atoms with E-state index in [-0.39, 0.29) is 10.4 Å². The maximum atomic E-state index is 6.02. The number of aryl methyl sites for hydroxylation is 2. The normalized spacial score (nSPS) is 11.2. The molecule has 0 unspecified atom stereocenters. The van der Waals surface area contributed by atoms with Gasteiger partial charge in [0.15, 0.2) is 10.8 Å². The lowest BCUT2D eigenvalue weighted by Crippen LogP contribution is -1.98. The van der Waals surface area contributed by atoms with Gasteiger partial charge in [-0.05, 0) is 37.1 Å². The van der Waals surface area contributed by atoms with E-state index in [1.165, 1.54) is 5.56 Å². The Morgan fingerprint density at radius 2 is 1.89 bits per heavy atom. The van der Waals surface area contributed by atoms with Crippen LogP contribution in [-0.2, 0) is 0 Å². The highest BCUT2D eigenvalue weighted by atomic mass is 35.5. The molecule has 96 valence electrons. The summed E-state index contributed by atoms with van der Waals surface area (Å²) < 4.78 is 1.86. The fraction of sp³-hybridized carbons (Fsp3) is 0.154. The highest BCUT2D eigenvalue weighted by molar-refractivity contribution is 6.35. The highest BCUT2D eigenvalue weighted by Gasteiger charge is 2.13. The average molecular weight is 293 g/mol. The molecule has 1 aromatic carbocycles. The molecular weight excluding hydrogens is 283 g/mol. The Balaban J connectivity index is 2.31. The van der Waals surface area contributed by atoms with Crippen molar-refractivity contribution in [2.45, 2.75) is 13.8 Å². The number of imidazole rings is 1. The van der Waals surface area contributed by atoms with Crippen molar-refractivity contribution in [2.75, 3.05) is 0 Å². The van der Waals surface area contributed by atoms with Gasteiger partial charge in [0.1, 0.15) is 11.8 Å². The number of hydrogen-bond acceptors (Lipinski definition) is 3. The molecule has 2 aromatic heterocycles. The minimum Gasteiger partial charge on any atom is -0.283 e. The van der Waals surface area contributed by atoms with Crippen molar-refractivity contribution in [2.24, 2.45) is 0 Å². The SMILES string of the molecule is Cc1ccc(-n2cnc3c(Cl)nc(Cl)nc32)c(C)c1. The molecule has 0 fully saturated rings. The number of benzene rings is 1. The van der Waals surface area contributed by atoms with Gasteiger partial charge < -0.3 is 0 Å². The average Bonchev–Trinajstić information content (AvgIpc) is 2.73. The minimum atomic E-state index is 0.115. The van der Waals surface area contributed by atoms with Crippen LogP contribution in [0.3, 0.4) is 0 Å². The summed E-state index contributed by atoms with van der Waals surface area (Å²) in [5.74, 6) is 0. The summed E-state index contributed by atoms with van der Waals surface area (Å²) in [5, 5.41) is 0.377. The second kappa shape index (κ2) is 4.47. The third kappa shape index (κ3) is 2.07. The van der Waals surface area contributed by atoms with Gasteiger partial charge in [-0.3, -0.25) is 4.57 Å². The summed E-state index contributed by atoms with van der Waals surface area (Å²) in [4.78, 5) is 12.3. The van der Waals surface area contributed by atoms with Gasteiger partial charge in [0, 0.05) is 0 Å². The lowest BCUT2D eigenvalue weighted by molar-refractivity contribution is 1.04. The summed E-state index contributed by atoms with van der Waals surface area (Å²) in [7, 11) is 0. The molecule has 0 aliphatic rings. The van der Waals surface area contributed by atoms with Crippen molar-refractivity contribution in [3.8, 4) is 5.69 Å². The monoisotopic (exact) mass is 292 g/mol. The smallest absolute Gasteiger partial charge is 0.225 e. The Hall–Kier alpha value is -1.65. The quantitative estimate of drug-likeness (QED) is 0.507. The van der Waals surface area contributed by atoms with Crippen LogP contribution < -0.4 is 0 Å². The fourth-order valence-electron chi connectivity index (χ4n) is 2.09. The zero-order valence-corrected chi connectivity index (χ0v) is 11.9. The number of halogens is 2. The first-order valence-corrected chi connectivity index (χ1v) is 6.45. The summed E-state index contributed by atoms with van der Waals surface area (Å²) in [6.07, 6.45) is 1.68. The lowest BCUT2D eigenvalue weighted by atomic mass is 10.1. The van der Waals surface area contributed by atoms with Gasteiger partial charge in [0.25, 0.3) is 0 Å². The second-order valence-corrected chi connectivity index (χ2v) is 5.06. The molecule has 0 atom stereocenters. The second-order valence-electron chi connectivity index (χ2n) is 4.36. The number of hydrogen-bond donors (Lipinski definition) is 0. The van der Waals surface area contributed by atoms with Crippen LogP contribution in [0, 0.1) is 13.8 Å². The van der Waals surface area contributed by atoms with Crippen LogP contribution in [-0.4, -0.2) is 19.5 Å². The van der Waals surface area contributed by atoms with Crippen LogP contribution in [0.4, 0.5) is 0 Å². The first kappa shape index (κ1) is 12.4. The Kier molecular flexibility index (Phi) is 2.92. The predicted molar refractivity (Wildman–Crippen MR) is 76.2 cm³/mol. The number of aromatic nitrogens is 4. The van der Waals surface area contributed by atoms with E-state index >= 15 is 0 Å². The fourth-order valence-corrected chi connectivity index (χ4v) is 2.51. The third-order valence-electron chi connectivity index (χ3n) is 2.94. The first-order valence-electron chi connectivity index (χ1n) is 5.70. The number of fused-ring (bicyclic) bond motifs is 1. The molecule has 0 N–H and O–H groups in total. The van der Waals surface area contributed by atoms with Crippen LogP contribution in [0.15, 0.2) is 24.5 Å². The Bertz CT molecular complexity index is 780. The molecule has 0 radical (unpaired) electrons. The van der Waals surface area contributed by atoms with E-state index in [0.717, 1.165) is 11.3 Å². The zero-order valence-electron chi connectivity index (χ0n) is 10.4. The van der Waals surface area contributed by atoms with Gasteiger partial charge in [0.05, 0.1) is 5.69 Å². The van der Waals surface area contributed by atoms with Crippen LogP contribution in [0.25, 0.3) is 16.9 Å². The lowest BCUT2D eigenvalue weighted by Gasteiger charge is -2.08. The molecule has 0 spiro atoms. The van der Waals surface area contributed by atoms with Gasteiger partial charge in [-0.25, -0.2) is 9.97 Å². The Morgan fingerprint density at radius 3 is 2.63 bits per heavy atom. The molecule has 0 amide bonds. The van der Waals surface area contributed by atoms with E-state index in [0.29, 0.717) is 11.2 Å². The standard InChI is InChI=1S/C13H10Cl2N4/c1-7-3-4-9(8(2)5-7)19-6-16-10-11(14)17-13(15)18-12(10)19/h3-6H,1-2H3. The van der Waals surface area contributed by atoms with E-state index in [1.807, 2.05) is 23.6 Å². The van der Waals surface area contributed by atoms with Crippen molar-refractivity contribution >= 4 is 34.4 Å². The molecular formula is C13H10Cl2N4. The molecule has 0 saturated heterocycles. The summed E-state index contributed by atoms with van der Waals surface area (Å²) in [6, 6.07) is 6.17. The largest absolute Gasteiger partial charge is 0.283 e. The van der Waals surface area contributed by atoms with Crippen LogP contribution in [0.1, 0.15) is 11.1 Å². The van der Waals surface area contributed by atoms with Crippen molar-refractivity contribution < 1.29 is 0 Å². The van der Waals surface area contributed by atoms with Crippen LogP contribution >= 0.6 is 23.2 Å². The molecule has 3 aromatic rings. The third-order valence-corrected chi connectivity index (χ3v) is 3.37. The Morgan fingerprint density at radius 1 is 1.11 bits per heavy atom. The summed E-state index contributed by atoms with van der Waals surface area (Å²) >= 11 is 11.9. The van der Waals surface area contributed by atoms with Gasteiger partial charge >= 0.3 is 0 Å². The molecule has 19 heavy (non-hydrogen) atoms. The molecule has 4 nitrogen and oxygen atoms in total. The maximum Gasteiger partial charge on any atom is 0.225 e. The van der Waals surface area contributed by atoms with Gasteiger partial charge in [-0.2, -0.15) is 4.98 Å². The van der Waals surface area contributed by atoms with Crippen molar-refractivity contribution in [3.63, 3.8) is 0 Å². The molecule has 6 heteroatoms. The number of nitrogens with zero attached hydrogens (tertiary/aromatic N) is 4. The van der Waals surface area contributed by atoms with Crippen molar-refractivity contribution in [1.82, 2.24) is 19.5 Å². The van der Waals surface area contributed by atoms with Crippen LogP contribution in [0.2, 0.25) is 10.4 Å². The molecule has 2 heterocycles. The van der Waals surface area contributed by atoms with Crippen molar-refractivity contribution in [1.29, 1.82) is 0 Å². The molecule has 3 rings (SSSR count). The van der Waals surface area contributed by atoms with E-state index < -0.39 is 0 Å². The van der Waals surface area contributed by atoms with Gasteiger partial charge in [0.2, 0.25) is 5.28 Å². The topological polar surface area (TPSA) is 43.6 Å². The predicted octanol–water partition coefficient (Wildman–Crippen LogP) is 3.74. The van der Waals surface area contributed by atoms with Crippen molar-refractivity contribution in [3.05, 3.63) is 46.1 Å². The van der Waals surface area contributed by atoms with Crippen LogP contribution in [0.5, 0.6) is 0 Å². The van der Waals surface area contributed by atoms with E-state index in [9.17, 15) is 0 Å². The molecule has 0 aliphatic carbocycles. The molecule has 0 saturated carbocycles. The Labute approximate surface area is 120 Å². The van der Waals surface area contributed by atoms with E-state index in [1.54, 1.807) is 6.33 Å². The summed E-state index contributed by atoms with van der Waals surface area (Å²) in [6.45, 7) is 4.09. The number of rotatable bonds is 1. The summed E-state index contributed by atoms with van der Waals surface area (Å²) in [5.41, 5.74) is 4.49. The van der Waals surface area contributed by atoms with E-state index in [4.69, 9.17) is 23.2 Å². The van der Waals surface area contributed by atoms with Gasteiger partial charge in [-0.15, -0.1) is 0 Å². The zero-order chi connectivity index (χ0) is 13.6. The molecule has 0 bridgehead atoms. The maximum absolute atomic E-state index is 6.02. The molecule has 0 aliphatic heterocycles. The van der Waals surface area contributed by atoms with Gasteiger partial charge in [-0.1, -0.05) is 29.3 Å². The minimum absolute atomic E-state index is 0.115. The highest BCUT2D eigenvalue weighted by Crippen LogP contribution is 2.25.